The van der Waals surface area contributed by atoms with Gasteiger partial charge in [-0.05, 0) is 18.2 Å². The Labute approximate surface area is 163 Å². The van der Waals surface area contributed by atoms with Crippen molar-refractivity contribution in [2.45, 2.75) is 23.6 Å². The van der Waals surface area contributed by atoms with Crippen molar-refractivity contribution in [2.75, 3.05) is 13.1 Å². The first-order valence-corrected chi connectivity index (χ1v) is 9.58. The van der Waals surface area contributed by atoms with Gasteiger partial charge in [0, 0.05) is 23.2 Å². The molecule has 10 heteroatoms. The van der Waals surface area contributed by atoms with Gasteiger partial charge in [-0.2, -0.15) is 0 Å². The second-order valence-electron chi connectivity index (χ2n) is 6.73. The largest absolute Gasteiger partial charge is 0.508 e. The van der Waals surface area contributed by atoms with Crippen molar-refractivity contribution >= 4 is 40.5 Å². The van der Waals surface area contributed by atoms with Crippen molar-refractivity contribution in [3.05, 3.63) is 40.2 Å². The number of hydrogen-bond donors (Lipinski definition) is 3. The molecular formula is C18H17N3O6S. The minimum absolute atomic E-state index is 0.0638. The summed E-state index contributed by atoms with van der Waals surface area (Å²) in [5, 5.41) is 15.1. The quantitative estimate of drug-likeness (QED) is 0.485. The van der Waals surface area contributed by atoms with Crippen LogP contribution in [-0.2, 0) is 9.59 Å². The van der Waals surface area contributed by atoms with Crippen molar-refractivity contribution < 1.29 is 23.9 Å². The smallest absolute Gasteiger partial charge is 0.349 e. The van der Waals surface area contributed by atoms with E-state index in [1.807, 2.05) is 6.92 Å². The zero-order valence-corrected chi connectivity index (χ0v) is 15.6. The van der Waals surface area contributed by atoms with Gasteiger partial charge >= 0.3 is 5.63 Å². The average molecular weight is 403 g/mol. The highest BCUT2D eigenvalue weighted by Gasteiger charge is 2.53. The molecular weight excluding hydrogens is 386 g/mol. The summed E-state index contributed by atoms with van der Waals surface area (Å²) < 4.78 is 5.03. The van der Waals surface area contributed by atoms with E-state index in [0.29, 0.717) is 17.2 Å². The fourth-order valence-corrected chi connectivity index (χ4v) is 4.70. The highest BCUT2D eigenvalue weighted by atomic mass is 32.2. The lowest BCUT2D eigenvalue weighted by Crippen LogP contribution is -2.67. The van der Waals surface area contributed by atoms with Gasteiger partial charge in [0.05, 0.1) is 6.54 Å². The normalized spacial score (nSPS) is 23.2. The molecule has 0 radical (unpaired) electrons. The van der Waals surface area contributed by atoms with E-state index in [-0.39, 0.29) is 34.7 Å². The molecule has 4 rings (SSSR count). The van der Waals surface area contributed by atoms with Crippen LogP contribution in [-0.4, -0.2) is 57.5 Å². The summed E-state index contributed by atoms with van der Waals surface area (Å²) in [6.07, 6.45) is 0. The molecule has 28 heavy (non-hydrogen) atoms. The third-order valence-corrected chi connectivity index (χ3v) is 6.08. The number of carbonyl (C=O) groups excluding carboxylic acids is 3. The molecule has 1 aromatic heterocycles. The second kappa shape index (κ2) is 6.86. The molecule has 2 aliphatic heterocycles. The summed E-state index contributed by atoms with van der Waals surface area (Å²) in [4.78, 5) is 50.1. The minimum Gasteiger partial charge on any atom is -0.508 e. The third-order valence-electron chi connectivity index (χ3n) is 4.66. The number of aromatic hydroxyl groups is 1. The van der Waals surface area contributed by atoms with Crippen LogP contribution in [0.3, 0.4) is 0 Å². The van der Waals surface area contributed by atoms with Gasteiger partial charge in [0.1, 0.15) is 28.3 Å². The van der Waals surface area contributed by atoms with Crippen molar-refractivity contribution in [2.24, 2.45) is 0 Å². The average Bonchev–Trinajstić information content (AvgIpc) is 3.01. The van der Waals surface area contributed by atoms with E-state index in [0.717, 1.165) is 0 Å². The molecule has 0 saturated carbocycles. The monoisotopic (exact) mass is 403 g/mol. The maximum atomic E-state index is 12.3. The van der Waals surface area contributed by atoms with E-state index in [1.54, 1.807) is 16.7 Å². The Bertz CT molecular complexity index is 1050. The summed E-state index contributed by atoms with van der Waals surface area (Å²) >= 11 is 1.63. The molecule has 3 atom stereocenters. The van der Waals surface area contributed by atoms with Crippen LogP contribution in [0.2, 0.25) is 0 Å². The van der Waals surface area contributed by atoms with Gasteiger partial charge in [-0.1, -0.05) is 6.92 Å². The maximum Gasteiger partial charge on any atom is 0.349 e. The van der Waals surface area contributed by atoms with Crippen LogP contribution in [0.5, 0.6) is 5.75 Å². The number of nitrogens with zero attached hydrogens (tertiary/aromatic N) is 1. The molecule has 2 saturated heterocycles. The first-order chi connectivity index (χ1) is 13.3. The molecule has 2 fully saturated rings. The first-order valence-electron chi connectivity index (χ1n) is 8.64. The van der Waals surface area contributed by atoms with Gasteiger partial charge in [-0.15, -0.1) is 11.8 Å². The molecule has 3 heterocycles. The summed E-state index contributed by atoms with van der Waals surface area (Å²) in [6, 6.07) is 4.92. The Balaban J connectivity index is 1.38. The molecule has 3 amide bonds. The highest BCUT2D eigenvalue weighted by Crippen LogP contribution is 2.39. The zero-order chi connectivity index (χ0) is 20.0. The van der Waals surface area contributed by atoms with Gasteiger partial charge in [0.25, 0.3) is 5.91 Å². The number of rotatable bonds is 4. The molecule has 9 nitrogen and oxygen atoms in total. The number of β-lactam (4-membered cyclic amide) rings is 1. The van der Waals surface area contributed by atoms with E-state index in [9.17, 15) is 24.3 Å². The Morgan fingerprint density at radius 2 is 2.11 bits per heavy atom. The Morgan fingerprint density at radius 3 is 2.89 bits per heavy atom. The molecule has 3 N–H and O–H groups in total. The Kier molecular flexibility index (Phi) is 4.50. The number of phenols is 1. The summed E-state index contributed by atoms with van der Waals surface area (Å²) in [5.74, 6) is -1.46. The van der Waals surface area contributed by atoms with Crippen LogP contribution >= 0.6 is 11.8 Å². The molecule has 0 bridgehead atoms. The molecule has 1 aromatic carbocycles. The number of thioether (sulfide) groups is 1. The van der Waals surface area contributed by atoms with Crippen molar-refractivity contribution in [1.29, 1.82) is 0 Å². The van der Waals surface area contributed by atoms with E-state index >= 15 is 0 Å². The number of phenolic OH excluding ortho intramolecular Hbond substituents is 1. The van der Waals surface area contributed by atoms with Gasteiger partial charge in [0.15, 0.2) is 0 Å². The van der Waals surface area contributed by atoms with E-state index in [2.05, 4.69) is 10.6 Å². The van der Waals surface area contributed by atoms with E-state index in [4.69, 9.17) is 4.42 Å². The standard InChI is InChI=1S/C18H17N3O6S/c1-8-7-21-16(25)14(17(21)28-8)20-13(23)6-19-15(24)11-4-9-2-3-10(22)5-12(9)27-18(11)26/h2-5,8,14,17,22H,6-7H2,1H3,(H,19,24)(H,20,23). The van der Waals surface area contributed by atoms with Gasteiger partial charge in [-0.3, -0.25) is 14.4 Å². The van der Waals surface area contributed by atoms with Crippen LogP contribution in [0.25, 0.3) is 11.0 Å². The number of carbonyl (C=O) groups is 3. The minimum atomic E-state index is -0.878. The van der Waals surface area contributed by atoms with Crippen LogP contribution in [0, 0.1) is 0 Å². The lowest BCUT2D eigenvalue weighted by molar-refractivity contribution is -0.147. The lowest BCUT2D eigenvalue weighted by Gasteiger charge is -2.41. The Morgan fingerprint density at radius 1 is 1.32 bits per heavy atom. The zero-order valence-electron chi connectivity index (χ0n) is 14.8. The molecule has 2 aliphatic rings. The maximum absolute atomic E-state index is 12.3. The van der Waals surface area contributed by atoms with Crippen molar-refractivity contribution in [3.63, 3.8) is 0 Å². The first kappa shape index (κ1) is 18.4. The second-order valence-corrected chi connectivity index (χ2v) is 8.29. The topological polar surface area (TPSA) is 129 Å². The van der Waals surface area contributed by atoms with Crippen molar-refractivity contribution in [3.8, 4) is 5.75 Å². The third kappa shape index (κ3) is 3.19. The van der Waals surface area contributed by atoms with Crippen molar-refractivity contribution in [1.82, 2.24) is 15.5 Å². The molecule has 146 valence electrons. The fraction of sp³-hybridized carbons (Fsp3) is 0.333. The molecule has 0 spiro atoms. The van der Waals surface area contributed by atoms with E-state index < -0.39 is 23.5 Å². The van der Waals surface area contributed by atoms with Gasteiger partial charge in [-0.25, -0.2) is 4.79 Å². The fourth-order valence-electron chi connectivity index (χ4n) is 3.30. The predicted octanol–water partition coefficient (Wildman–Crippen LogP) is 0.0168. The lowest BCUT2D eigenvalue weighted by atomic mass is 10.1. The summed E-state index contributed by atoms with van der Waals surface area (Å²) in [7, 11) is 0. The molecule has 0 aliphatic carbocycles. The molecule has 3 unspecified atom stereocenters. The number of amides is 3. The van der Waals surface area contributed by atoms with E-state index in [1.165, 1.54) is 24.3 Å². The van der Waals surface area contributed by atoms with Gasteiger partial charge < -0.3 is 25.1 Å². The number of nitrogens with one attached hydrogen (secondary N) is 2. The summed E-state index contributed by atoms with van der Waals surface area (Å²) in [5.41, 5.74) is -0.982. The summed E-state index contributed by atoms with van der Waals surface area (Å²) in [6.45, 7) is 2.32. The van der Waals surface area contributed by atoms with Crippen LogP contribution in [0.15, 0.2) is 33.5 Å². The number of benzene rings is 1. The predicted molar refractivity (Wildman–Crippen MR) is 101 cm³/mol. The SMILES string of the molecule is CC1CN2C(=O)C(NC(=O)CNC(=O)c3cc4ccc(O)cc4oc3=O)C2S1. The van der Waals surface area contributed by atoms with Crippen LogP contribution < -0.4 is 16.3 Å². The Hall–Kier alpha value is -3.01. The van der Waals surface area contributed by atoms with Crippen LogP contribution in [0.1, 0.15) is 17.3 Å². The van der Waals surface area contributed by atoms with Gasteiger partial charge in [0.2, 0.25) is 11.8 Å². The number of fused-ring (bicyclic) bond motifs is 2. The molecule has 2 aromatic rings. The number of hydrogen-bond acceptors (Lipinski definition) is 7. The highest BCUT2D eigenvalue weighted by molar-refractivity contribution is 8.00. The van der Waals surface area contributed by atoms with Crippen LogP contribution in [0.4, 0.5) is 0 Å².